The third kappa shape index (κ3) is 5.21. The molecule has 0 saturated carbocycles. The number of carbonyl (C=O) groups excluding carboxylic acids is 1. The minimum Gasteiger partial charge on any atom is -0.382 e. The molecule has 0 aliphatic rings. The van der Waals surface area contributed by atoms with Crippen LogP contribution in [-0.4, -0.2) is 30.6 Å². The van der Waals surface area contributed by atoms with Gasteiger partial charge in [0.2, 0.25) is 5.91 Å². The molecular weight excluding hydrogens is 292 g/mol. The Hall–Kier alpha value is -2.14. The van der Waals surface area contributed by atoms with Gasteiger partial charge in [-0.2, -0.15) is 0 Å². The number of H-pyrrole nitrogens is 1. The van der Waals surface area contributed by atoms with Gasteiger partial charge in [-0.1, -0.05) is 11.6 Å². The van der Waals surface area contributed by atoms with E-state index in [1.165, 1.54) is 0 Å². The number of rotatable bonds is 8. The first-order valence-corrected chi connectivity index (χ1v) is 8.07. The first-order chi connectivity index (χ1) is 11.1. The number of aryl methyl sites for hydroxylation is 2. The van der Waals surface area contributed by atoms with Crippen LogP contribution in [0.4, 0.5) is 0 Å². The van der Waals surface area contributed by atoms with Gasteiger partial charge < -0.3 is 15.0 Å². The predicted octanol–water partition coefficient (Wildman–Crippen LogP) is 2.31. The second kappa shape index (κ2) is 8.48. The normalized spacial score (nSPS) is 10.9. The summed E-state index contributed by atoms with van der Waals surface area (Å²) >= 11 is 0. The fourth-order valence-electron chi connectivity index (χ4n) is 2.44. The van der Waals surface area contributed by atoms with Crippen LogP contribution in [-0.2, 0) is 16.0 Å². The lowest BCUT2D eigenvalue weighted by molar-refractivity contribution is -0.121. The Morgan fingerprint density at radius 1 is 1.30 bits per heavy atom. The lowest BCUT2D eigenvalue weighted by Gasteiger charge is -2.06. The molecule has 0 spiro atoms. The number of carbonyl (C=O) groups is 1. The molecule has 1 aromatic carbocycles. The van der Waals surface area contributed by atoms with Crippen molar-refractivity contribution in [2.75, 3.05) is 19.8 Å². The molecular formula is C18H24N2O3. The van der Waals surface area contributed by atoms with Crippen LogP contribution >= 0.6 is 0 Å². The van der Waals surface area contributed by atoms with Gasteiger partial charge >= 0.3 is 0 Å². The van der Waals surface area contributed by atoms with E-state index < -0.39 is 0 Å². The second-order valence-electron chi connectivity index (χ2n) is 5.61. The van der Waals surface area contributed by atoms with Crippen LogP contribution in [0.15, 0.2) is 29.1 Å². The van der Waals surface area contributed by atoms with Crippen LogP contribution in [0.25, 0.3) is 10.9 Å². The highest BCUT2D eigenvalue weighted by molar-refractivity contribution is 5.80. The van der Waals surface area contributed by atoms with E-state index in [0.29, 0.717) is 38.2 Å². The Kier molecular flexibility index (Phi) is 6.35. The lowest BCUT2D eigenvalue weighted by Crippen LogP contribution is -2.26. The Bertz CT molecular complexity index is 722. The quantitative estimate of drug-likeness (QED) is 0.734. The zero-order chi connectivity index (χ0) is 16.7. The van der Waals surface area contributed by atoms with E-state index in [0.717, 1.165) is 22.9 Å². The molecule has 1 heterocycles. The van der Waals surface area contributed by atoms with E-state index in [9.17, 15) is 9.59 Å². The molecule has 0 saturated heterocycles. The topological polar surface area (TPSA) is 71.2 Å². The van der Waals surface area contributed by atoms with Crippen molar-refractivity contribution in [2.24, 2.45) is 0 Å². The minimum absolute atomic E-state index is 0.0368. The van der Waals surface area contributed by atoms with Crippen LogP contribution in [0.2, 0.25) is 0 Å². The maximum absolute atomic E-state index is 12.1. The SMILES string of the molecule is CCOCCCNC(=O)CCc1cc2cc(C)ccc2[nH]c1=O. The fraction of sp³-hybridized carbons (Fsp3) is 0.444. The first-order valence-electron chi connectivity index (χ1n) is 8.07. The molecule has 0 aliphatic carbocycles. The number of ether oxygens (including phenoxy) is 1. The van der Waals surface area contributed by atoms with Gasteiger partial charge in [-0.3, -0.25) is 9.59 Å². The zero-order valence-corrected chi connectivity index (χ0v) is 13.8. The highest BCUT2D eigenvalue weighted by Crippen LogP contribution is 2.13. The lowest BCUT2D eigenvalue weighted by atomic mass is 10.1. The molecule has 2 aromatic rings. The molecule has 0 atom stereocenters. The van der Waals surface area contributed by atoms with Gasteiger partial charge in [0, 0.05) is 37.3 Å². The number of fused-ring (bicyclic) bond motifs is 1. The van der Waals surface area contributed by atoms with Crippen molar-refractivity contribution in [3.8, 4) is 0 Å². The maximum Gasteiger partial charge on any atom is 0.251 e. The Labute approximate surface area is 136 Å². The smallest absolute Gasteiger partial charge is 0.251 e. The number of amides is 1. The summed E-state index contributed by atoms with van der Waals surface area (Å²) in [7, 11) is 0. The highest BCUT2D eigenvalue weighted by atomic mass is 16.5. The van der Waals surface area contributed by atoms with E-state index in [4.69, 9.17) is 4.74 Å². The summed E-state index contributed by atoms with van der Waals surface area (Å²) in [5.74, 6) is -0.0368. The van der Waals surface area contributed by atoms with E-state index >= 15 is 0 Å². The molecule has 0 unspecified atom stereocenters. The number of nitrogens with one attached hydrogen (secondary N) is 2. The Morgan fingerprint density at radius 2 is 2.13 bits per heavy atom. The van der Waals surface area contributed by atoms with E-state index in [1.54, 1.807) is 0 Å². The summed E-state index contributed by atoms with van der Waals surface area (Å²) in [4.78, 5) is 26.7. The van der Waals surface area contributed by atoms with Crippen LogP contribution in [0.3, 0.4) is 0 Å². The van der Waals surface area contributed by atoms with Gasteiger partial charge in [-0.15, -0.1) is 0 Å². The average molecular weight is 316 g/mol. The molecule has 5 nitrogen and oxygen atoms in total. The number of pyridine rings is 1. The van der Waals surface area contributed by atoms with E-state index in [-0.39, 0.29) is 11.5 Å². The Balaban J connectivity index is 1.90. The van der Waals surface area contributed by atoms with Crippen LogP contribution in [0, 0.1) is 6.92 Å². The molecule has 1 aromatic heterocycles. The van der Waals surface area contributed by atoms with Crippen LogP contribution in [0.1, 0.15) is 30.9 Å². The molecule has 0 aliphatic heterocycles. The Morgan fingerprint density at radius 3 is 2.91 bits per heavy atom. The third-order valence-corrected chi connectivity index (χ3v) is 3.69. The number of hydrogen-bond acceptors (Lipinski definition) is 3. The summed E-state index contributed by atoms with van der Waals surface area (Å²) in [6.07, 6.45) is 1.56. The number of hydrogen-bond donors (Lipinski definition) is 2. The van der Waals surface area contributed by atoms with Gasteiger partial charge in [0.15, 0.2) is 0 Å². The van der Waals surface area contributed by atoms with Gasteiger partial charge in [-0.05, 0) is 50.3 Å². The molecule has 2 rings (SSSR count). The summed E-state index contributed by atoms with van der Waals surface area (Å²) in [5, 5.41) is 3.84. The molecule has 23 heavy (non-hydrogen) atoms. The molecule has 0 bridgehead atoms. The van der Waals surface area contributed by atoms with Gasteiger partial charge in [0.1, 0.15) is 0 Å². The van der Waals surface area contributed by atoms with Crippen molar-refractivity contribution >= 4 is 16.8 Å². The average Bonchev–Trinajstić information content (AvgIpc) is 2.53. The van der Waals surface area contributed by atoms with Crippen molar-refractivity contribution in [1.29, 1.82) is 0 Å². The van der Waals surface area contributed by atoms with Gasteiger partial charge in [0.25, 0.3) is 5.56 Å². The molecule has 124 valence electrons. The highest BCUT2D eigenvalue weighted by Gasteiger charge is 2.07. The molecule has 0 fully saturated rings. The first kappa shape index (κ1) is 17.2. The zero-order valence-electron chi connectivity index (χ0n) is 13.8. The van der Waals surface area contributed by atoms with Gasteiger partial charge in [0.05, 0.1) is 0 Å². The third-order valence-electron chi connectivity index (χ3n) is 3.69. The molecule has 5 heteroatoms. The number of aromatic nitrogens is 1. The summed E-state index contributed by atoms with van der Waals surface area (Å²) < 4.78 is 5.21. The molecule has 0 radical (unpaired) electrons. The molecule has 2 N–H and O–H groups in total. The standard InChI is InChI=1S/C18H24N2O3/c1-3-23-10-4-9-19-17(21)8-6-14-12-15-11-13(2)5-7-16(15)20-18(14)22/h5,7,11-12H,3-4,6,8-10H2,1-2H3,(H,19,21)(H,20,22). The number of benzene rings is 1. The predicted molar refractivity (Wildman–Crippen MR) is 91.7 cm³/mol. The van der Waals surface area contributed by atoms with E-state index in [2.05, 4.69) is 10.3 Å². The van der Waals surface area contributed by atoms with Crippen molar-refractivity contribution in [3.05, 3.63) is 45.7 Å². The van der Waals surface area contributed by atoms with Crippen LogP contribution in [0.5, 0.6) is 0 Å². The van der Waals surface area contributed by atoms with E-state index in [1.807, 2.05) is 38.1 Å². The summed E-state index contributed by atoms with van der Waals surface area (Å²) in [6.45, 7) is 5.91. The van der Waals surface area contributed by atoms with Crippen LogP contribution < -0.4 is 10.9 Å². The van der Waals surface area contributed by atoms with Crippen molar-refractivity contribution < 1.29 is 9.53 Å². The largest absolute Gasteiger partial charge is 0.382 e. The van der Waals surface area contributed by atoms with Crippen molar-refractivity contribution in [3.63, 3.8) is 0 Å². The summed E-state index contributed by atoms with van der Waals surface area (Å²) in [6, 6.07) is 7.78. The summed E-state index contributed by atoms with van der Waals surface area (Å²) in [5.41, 5.74) is 2.49. The monoisotopic (exact) mass is 316 g/mol. The second-order valence-corrected chi connectivity index (χ2v) is 5.61. The number of aromatic amines is 1. The van der Waals surface area contributed by atoms with Crippen molar-refractivity contribution in [2.45, 2.75) is 33.1 Å². The van der Waals surface area contributed by atoms with Crippen molar-refractivity contribution in [1.82, 2.24) is 10.3 Å². The molecule has 1 amide bonds. The minimum atomic E-state index is -0.120. The maximum atomic E-state index is 12.1. The fourth-order valence-corrected chi connectivity index (χ4v) is 2.44. The van der Waals surface area contributed by atoms with Gasteiger partial charge in [-0.25, -0.2) is 0 Å².